The van der Waals surface area contributed by atoms with Gasteiger partial charge in [0, 0.05) is 43.9 Å². The van der Waals surface area contributed by atoms with Crippen LogP contribution >= 0.6 is 0 Å². The first-order valence-corrected chi connectivity index (χ1v) is 25.9. The standard InChI is InChI=1S/C68H66O9/c1-38-8-14-44(59(69)20-38)26-50-32-56(33-51(65(50)75)27-45-15-9-39(2)21-60(45)70)68(7,57-34-52(28-46-16-10-40(3)22-61(46)71)66(76)53(35-57)29-47-17-11-41(4)23-62(47)72)58-36-54(30-48-18-12-42(5)24-63(48)73)67(77)55(37-58)31-49-19-13-43(6)25-64(49)74/h8-25,32-37,69-77H,26-31H2,1-7H3. The lowest BCUT2D eigenvalue weighted by Gasteiger charge is -2.35. The first kappa shape index (κ1) is 53.0. The first-order valence-electron chi connectivity index (χ1n) is 25.9. The lowest BCUT2D eigenvalue weighted by atomic mass is 9.68. The van der Waals surface area contributed by atoms with Crippen LogP contribution in [0.5, 0.6) is 51.7 Å². The molecule has 0 saturated heterocycles. The molecule has 0 spiro atoms. The van der Waals surface area contributed by atoms with E-state index in [1.54, 1.807) is 36.4 Å². The van der Waals surface area contributed by atoms with E-state index in [1.807, 2.05) is 158 Å². The lowest BCUT2D eigenvalue weighted by Crippen LogP contribution is -2.27. The Balaban J connectivity index is 1.38. The third kappa shape index (κ3) is 11.3. The second kappa shape index (κ2) is 21.4. The van der Waals surface area contributed by atoms with Crippen LogP contribution < -0.4 is 0 Å². The predicted octanol–water partition coefficient (Wildman–Crippen LogP) is 13.8. The van der Waals surface area contributed by atoms with Gasteiger partial charge in [0.1, 0.15) is 51.7 Å². The Labute approximate surface area is 450 Å². The molecule has 0 atom stereocenters. The molecule has 0 aromatic heterocycles. The lowest BCUT2D eigenvalue weighted by molar-refractivity contribution is 0.455. The maximum absolute atomic E-state index is 12.5. The summed E-state index contributed by atoms with van der Waals surface area (Å²) in [5.74, 6) is 0.309. The number of hydrogen-bond acceptors (Lipinski definition) is 9. The van der Waals surface area contributed by atoms with Gasteiger partial charge < -0.3 is 46.0 Å². The van der Waals surface area contributed by atoms with Crippen LogP contribution in [0.4, 0.5) is 0 Å². The average molecular weight is 1030 g/mol. The van der Waals surface area contributed by atoms with Crippen LogP contribution in [0, 0.1) is 41.5 Å². The number of hydrogen-bond donors (Lipinski definition) is 9. The van der Waals surface area contributed by atoms with Crippen molar-refractivity contribution in [1.82, 2.24) is 0 Å². The van der Waals surface area contributed by atoms with Crippen molar-refractivity contribution >= 4 is 0 Å². The smallest absolute Gasteiger partial charge is 0.122 e. The van der Waals surface area contributed by atoms with E-state index in [2.05, 4.69) is 0 Å². The van der Waals surface area contributed by atoms with Crippen LogP contribution in [0.3, 0.4) is 0 Å². The minimum Gasteiger partial charge on any atom is -0.508 e. The zero-order valence-corrected chi connectivity index (χ0v) is 44.6. The SMILES string of the molecule is Cc1ccc(Cc2cc(C(C)(c3cc(Cc4ccc(C)cc4O)c(O)c(Cc4ccc(C)cc4O)c3)c3cc(Cc4ccc(C)cc4O)c(O)c(Cc4ccc(C)cc4O)c3)cc(Cc3ccc(C)cc3O)c2O)c(O)c1. The van der Waals surface area contributed by atoms with Gasteiger partial charge in [-0.1, -0.05) is 109 Å². The fourth-order valence-electron chi connectivity index (χ4n) is 10.6. The predicted molar refractivity (Wildman–Crippen MR) is 304 cm³/mol. The Bertz CT molecular complexity index is 3130. The number of rotatable bonds is 15. The van der Waals surface area contributed by atoms with Gasteiger partial charge in [-0.15, -0.1) is 0 Å². The summed E-state index contributed by atoms with van der Waals surface area (Å²) >= 11 is 0. The molecule has 9 heteroatoms. The Morgan fingerprint density at radius 1 is 0.234 bits per heavy atom. The van der Waals surface area contributed by atoms with Crippen molar-refractivity contribution in [2.75, 3.05) is 0 Å². The van der Waals surface area contributed by atoms with Gasteiger partial charge in [-0.05, 0) is 202 Å². The number of benzene rings is 9. The van der Waals surface area contributed by atoms with Gasteiger partial charge in [0.2, 0.25) is 0 Å². The fraction of sp³-hybridized carbons (Fsp3) is 0.206. The van der Waals surface area contributed by atoms with Gasteiger partial charge in [-0.25, -0.2) is 0 Å². The second-order valence-corrected chi connectivity index (χ2v) is 21.4. The highest BCUT2D eigenvalue weighted by atomic mass is 16.3. The van der Waals surface area contributed by atoms with E-state index >= 15 is 0 Å². The summed E-state index contributed by atoms with van der Waals surface area (Å²) in [5.41, 5.74) is 12.2. The molecule has 9 aromatic rings. The quantitative estimate of drug-likeness (QED) is 0.0451. The van der Waals surface area contributed by atoms with E-state index in [0.717, 1.165) is 33.4 Å². The third-order valence-corrected chi connectivity index (χ3v) is 15.3. The summed E-state index contributed by atoms with van der Waals surface area (Å²) < 4.78 is 0. The molecule has 77 heavy (non-hydrogen) atoms. The van der Waals surface area contributed by atoms with Gasteiger partial charge >= 0.3 is 0 Å². The summed E-state index contributed by atoms with van der Waals surface area (Å²) in [6.45, 7) is 13.4. The van der Waals surface area contributed by atoms with Crippen LogP contribution in [0.1, 0.15) is 124 Å². The number of phenols is 9. The molecule has 0 aliphatic carbocycles. The molecule has 0 amide bonds. The maximum Gasteiger partial charge on any atom is 0.122 e. The van der Waals surface area contributed by atoms with E-state index in [4.69, 9.17) is 0 Å². The van der Waals surface area contributed by atoms with Crippen LogP contribution in [-0.4, -0.2) is 46.0 Å². The molecule has 0 radical (unpaired) electrons. The zero-order valence-electron chi connectivity index (χ0n) is 44.6. The minimum atomic E-state index is -1.29. The van der Waals surface area contributed by atoms with Crippen molar-refractivity contribution in [3.05, 3.63) is 262 Å². The molecule has 9 N–H and O–H groups in total. The molecule has 9 nitrogen and oxygen atoms in total. The minimum absolute atomic E-state index is 0.0235. The van der Waals surface area contributed by atoms with Crippen molar-refractivity contribution in [2.45, 2.75) is 92.4 Å². The van der Waals surface area contributed by atoms with Gasteiger partial charge in [-0.3, -0.25) is 0 Å². The highest BCUT2D eigenvalue weighted by Gasteiger charge is 2.36. The van der Waals surface area contributed by atoms with Crippen molar-refractivity contribution in [3.63, 3.8) is 0 Å². The highest BCUT2D eigenvalue weighted by molar-refractivity contribution is 5.63. The Morgan fingerprint density at radius 3 is 0.532 bits per heavy atom. The topological polar surface area (TPSA) is 182 Å². The van der Waals surface area contributed by atoms with Gasteiger partial charge in [0.25, 0.3) is 0 Å². The summed E-state index contributed by atoms with van der Waals surface area (Å²) in [6.07, 6.45) is 0.701. The fourth-order valence-corrected chi connectivity index (χ4v) is 10.6. The molecule has 0 aliphatic heterocycles. The first-order chi connectivity index (χ1) is 36.6. The summed E-state index contributed by atoms with van der Waals surface area (Å²) in [7, 11) is 0. The zero-order chi connectivity index (χ0) is 55.0. The molecule has 9 aromatic carbocycles. The summed E-state index contributed by atoms with van der Waals surface area (Å²) in [5, 5.41) is 106. The monoisotopic (exact) mass is 1030 g/mol. The number of aromatic hydroxyl groups is 9. The average Bonchev–Trinajstić information content (AvgIpc) is 3.44. The van der Waals surface area contributed by atoms with Crippen molar-refractivity contribution in [3.8, 4) is 51.7 Å². The number of phenolic OH excluding ortho intramolecular Hbond substituents is 9. The Kier molecular flexibility index (Phi) is 14.8. The van der Waals surface area contributed by atoms with Gasteiger partial charge in [0.05, 0.1) is 0 Å². The van der Waals surface area contributed by atoms with Crippen LogP contribution in [-0.2, 0) is 43.9 Å². The van der Waals surface area contributed by atoms with E-state index in [9.17, 15) is 46.0 Å². The highest BCUT2D eigenvalue weighted by Crippen LogP contribution is 2.48. The second-order valence-electron chi connectivity index (χ2n) is 21.4. The molecular formula is C68H66O9. The number of aryl methyl sites for hydroxylation is 6. The molecule has 0 aliphatic rings. The summed E-state index contributed by atoms with van der Waals surface area (Å²) in [6, 6.07) is 44.0. The van der Waals surface area contributed by atoms with Gasteiger partial charge in [0.15, 0.2) is 0 Å². The van der Waals surface area contributed by atoms with Crippen LogP contribution in [0.15, 0.2) is 146 Å². The van der Waals surface area contributed by atoms with E-state index in [-0.39, 0.29) is 90.3 Å². The Hall–Kier alpha value is -8.82. The van der Waals surface area contributed by atoms with Gasteiger partial charge in [-0.2, -0.15) is 0 Å². The molecule has 0 unspecified atom stereocenters. The van der Waals surface area contributed by atoms with Crippen molar-refractivity contribution in [2.24, 2.45) is 0 Å². The molecule has 0 bridgehead atoms. The van der Waals surface area contributed by atoms with Crippen LogP contribution in [0.25, 0.3) is 0 Å². The largest absolute Gasteiger partial charge is 0.508 e. The molecule has 0 saturated carbocycles. The van der Waals surface area contributed by atoms with E-state index in [1.165, 1.54) is 0 Å². The van der Waals surface area contributed by atoms with E-state index < -0.39 is 5.41 Å². The molecule has 0 fully saturated rings. The van der Waals surface area contributed by atoms with Crippen molar-refractivity contribution in [1.29, 1.82) is 0 Å². The maximum atomic E-state index is 12.5. The Morgan fingerprint density at radius 2 is 0.390 bits per heavy atom. The normalized spacial score (nSPS) is 11.6. The van der Waals surface area contributed by atoms with Crippen molar-refractivity contribution < 1.29 is 46.0 Å². The van der Waals surface area contributed by atoms with E-state index in [0.29, 0.717) is 83.5 Å². The molecule has 392 valence electrons. The molecule has 0 heterocycles. The summed E-state index contributed by atoms with van der Waals surface area (Å²) in [4.78, 5) is 0. The third-order valence-electron chi connectivity index (χ3n) is 15.3. The molecule has 9 rings (SSSR count). The van der Waals surface area contributed by atoms with Crippen LogP contribution in [0.2, 0.25) is 0 Å². The molecular weight excluding hydrogens is 961 g/mol.